The van der Waals surface area contributed by atoms with Crippen LogP contribution in [0.3, 0.4) is 0 Å². The molecule has 0 aliphatic heterocycles. The van der Waals surface area contributed by atoms with Crippen molar-refractivity contribution in [2.24, 2.45) is 11.3 Å². The summed E-state index contributed by atoms with van der Waals surface area (Å²) in [4.78, 5) is 36.8. The number of aliphatic carboxylic acids is 1. The molecule has 0 saturated heterocycles. The van der Waals surface area contributed by atoms with Crippen molar-refractivity contribution in [1.29, 1.82) is 0 Å². The molecule has 2 aliphatic carbocycles. The largest absolute Gasteiger partial charge is 0.480 e. The zero-order valence-electron chi connectivity index (χ0n) is 12.3. The summed E-state index contributed by atoms with van der Waals surface area (Å²) in [5.41, 5.74) is -1.82. The molecule has 0 unspecified atom stereocenters. The van der Waals surface area contributed by atoms with Crippen molar-refractivity contribution in [3.63, 3.8) is 0 Å². The van der Waals surface area contributed by atoms with Gasteiger partial charge in [0.2, 0.25) is 0 Å². The fourth-order valence-corrected chi connectivity index (χ4v) is 3.33. The number of carbonyl (C=O) groups is 3. The number of fused-ring (bicyclic) bond motifs is 2. The van der Waals surface area contributed by atoms with E-state index in [2.05, 4.69) is 0 Å². The van der Waals surface area contributed by atoms with E-state index in [9.17, 15) is 19.5 Å². The summed E-state index contributed by atoms with van der Waals surface area (Å²) in [5, 5.41) is 9.66. The SMILES string of the molecule is CCOC(=O)[C@@]1(C(=O)O)CC[C@H](OC)[C@H]2CCC=C1C2=O. The van der Waals surface area contributed by atoms with Crippen LogP contribution >= 0.6 is 0 Å². The van der Waals surface area contributed by atoms with E-state index >= 15 is 0 Å². The van der Waals surface area contributed by atoms with Crippen LogP contribution in [-0.2, 0) is 23.9 Å². The van der Waals surface area contributed by atoms with E-state index < -0.39 is 17.4 Å². The van der Waals surface area contributed by atoms with Crippen LogP contribution in [0.25, 0.3) is 0 Å². The van der Waals surface area contributed by atoms with E-state index in [0.717, 1.165) is 0 Å². The van der Waals surface area contributed by atoms with Gasteiger partial charge < -0.3 is 14.6 Å². The molecule has 2 bridgehead atoms. The molecular weight excluding hydrogens is 276 g/mol. The predicted molar refractivity (Wildman–Crippen MR) is 72.5 cm³/mol. The monoisotopic (exact) mass is 296 g/mol. The summed E-state index contributed by atoms with van der Waals surface area (Å²) in [6.45, 7) is 1.69. The Morgan fingerprint density at radius 2 is 2.14 bits per heavy atom. The molecule has 0 aromatic heterocycles. The van der Waals surface area contributed by atoms with Crippen molar-refractivity contribution in [3.05, 3.63) is 11.6 Å². The van der Waals surface area contributed by atoms with Crippen molar-refractivity contribution in [2.75, 3.05) is 13.7 Å². The molecule has 3 atom stereocenters. The molecule has 6 heteroatoms. The quantitative estimate of drug-likeness (QED) is 0.622. The number of ketones is 1. The summed E-state index contributed by atoms with van der Waals surface area (Å²) < 4.78 is 10.3. The smallest absolute Gasteiger partial charge is 0.328 e. The Morgan fingerprint density at radius 3 is 2.71 bits per heavy atom. The van der Waals surface area contributed by atoms with Gasteiger partial charge in [0.1, 0.15) is 0 Å². The lowest BCUT2D eigenvalue weighted by Crippen LogP contribution is -2.45. The summed E-state index contributed by atoms with van der Waals surface area (Å²) >= 11 is 0. The van der Waals surface area contributed by atoms with Crippen LogP contribution in [0.4, 0.5) is 0 Å². The van der Waals surface area contributed by atoms with Gasteiger partial charge in [0.25, 0.3) is 0 Å². The summed E-state index contributed by atoms with van der Waals surface area (Å²) in [5.74, 6) is -2.83. The van der Waals surface area contributed by atoms with E-state index in [0.29, 0.717) is 19.3 Å². The molecule has 6 nitrogen and oxygen atoms in total. The van der Waals surface area contributed by atoms with Crippen LogP contribution in [0.5, 0.6) is 0 Å². The first-order valence-corrected chi connectivity index (χ1v) is 7.17. The van der Waals surface area contributed by atoms with Crippen LogP contribution in [-0.4, -0.2) is 42.6 Å². The normalized spacial score (nSPS) is 32.1. The van der Waals surface area contributed by atoms with Crippen LogP contribution in [0, 0.1) is 11.3 Å². The Bertz CT molecular complexity index is 494. The molecule has 0 amide bonds. The number of hydrogen-bond donors (Lipinski definition) is 1. The number of Topliss-reactive ketones (excluding diaryl/α,β-unsaturated/α-hetero) is 1. The van der Waals surface area contributed by atoms with Gasteiger partial charge in [-0.25, -0.2) is 0 Å². The van der Waals surface area contributed by atoms with Gasteiger partial charge in [-0.3, -0.25) is 14.4 Å². The minimum atomic E-state index is -1.89. The Balaban J connectivity index is 2.54. The third-order valence-electron chi connectivity index (χ3n) is 4.43. The van der Waals surface area contributed by atoms with Gasteiger partial charge in [-0.2, -0.15) is 0 Å². The van der Waals surface area contributed by atoms with Gasteiger partial charge in [0, 0.05) is 18.6 Å². The number of carboxylic acid groups (broad SMARTS) is 1. The Kier molecular flexibility index (Phi) is 4.46. The second-order valence-corrected chi connectivity index (χ2v) is 5.41. The Hall–Kier alpha value is -1.69. The predicted octanol–water partition coefficient (Wildman–Crippen LogP) is 1.33. The maximum absolute atomic E-state index is 12.6. The number of methoxy groups -OCH3 is 1. The molecule has 0 aromatic rings. The average Bonchev–Trinajstić information content (AvgIpc) is 2.52. The molecular formula is C15H20O6. The molecule has 116 valence electrons. The van der Waals surface area contributed by atoms with E-state index in [4.69, 9.17) is 9.47 Å². The first-order chi connectivity index (χ1) is 9.98. The van der Waals surface area contributed by atoms with Crippen LogP contribution in [0.1, 0.15) is 32.6 Å². The van der Waals surface area contributed by atoms with Gasteiger partial charge in [0.15, 0.2) is 11.2 Å². The van der Waals surface area contributed by atoms with Gasteiger partial charge in [-0.1, -0.05) is 6.08 Å². The third-order valence-corrected chi connectivity index (χ3v) is 4.43. The lowest BCUT2D eigenvalue weighted by atomic mass is 9.72. The van der Waals surface area contributed by atoms with Crippen molar-refractivity contribution in [3.8, 4) is 0 Å². The first-order valence-electron chi connectivity index (χ1n) is 7.17. The minimum absolute atomic E-state index is 0.0216. The summed E-state index contributed by atoms with van der Waals surface area (Å²) in [6, 6.07) is 0. The van der Waals surface area contributed by atoms with E-state index in [1.165, 1.54) is 7.11 Å². The highest BCUT2D eigenvalue weighted by atomic mass is 16.5. The molecule has 0 radical (unpaired) electrons. The number of esters is 1. The summed E-state index contributed by atoms with van der Waals surface area (Å²) in [6.07, 6.45) is 2.79. The van der Waals surface area contributed by atoms with Crippen LogP contribution < -0.4 is 0 Å². The maximum atomic E-state index is 12.6. The van der Waals surface area contributed by atoms with E-state index in [1.807, 2.05) is 0 Å². The molecule has 0 aromatic carbocycles. The number of carbonyl (C=O) groups excluding carboxylic acids is 2. The lowest BCUT2D eigenvalue weighted by molar-refractivity contribution is -0.166. The summed E-state index contributed by atoms with van der Waals surface area (Å²) in [7, 11) is 1.51. The second kappa shape index (κ2) is 5.97. The average molecular weight is 296 g/mol. The third kappa shape index (κ3) is 2.37. The molecule has 1 fully saturated rings. The highest BCUT2D eigenvalue weighted by Crippen LogP contribution is 2.45. The number of rotatable bonds is 4. The van der Waals surface area contributed by atoms with Crippen molar-refractivity contribution < 1.29 is 29.0 Å². The highest BCUT2D eigenvalue weighted by Gasteiger charge is 2.57. The van der Waals surface area contributed by atoms with Gasteiger partial charge >= 0.3 is 11.9 Å². The maximum Gasteiger partial charge on any atom is 0.328 e. The van der Waals surface area contributed by atoms with Gasteiger partial charge in [-0.15, -0.1) is 0 Å². The number of ether oxygens (including phenoxy) is 2. The molecule has 0 heterocycles. The van der Waals surface area contributed by atoms with Crippen molar-refractivity contribution in [2.45, 2.75) is 38.7 Å². The van der Waals surface area contributed by atoms with E-state index in [1.54, 1.807) is 13.0 Å². The fourth-order valence-electron chi connectivity index (χ4n) is 3.33. The van der Waals surface area contributed by atoms with Crippen molar-refractivity contribution in [1.82, 2.24) is 0 Å². The van der Waals surface area contributed by atoms with E-state index in [-0.39, 0.29) is 36.4 Å². The zero-order chi connectivity index (χ0) is 15.6. The fraction of sp³-hybridized carbons (Fsp3) is 0.667. The molecule has 1 N–H and O–H groups in total. The molecule has 2 rings (SSSR count). The number of carboxylic acids is 1. The minimum Gasteiger partial charge on any atom is -0.480 e. The first kappa shape index (κ1) is 15.7. The molecule has 1 saturated carbocycles. The van der Waals surface area contributed by atoms with Crippen LogP contribution in [0.15, 0.2) is 11.6 Å². The Labute approximate surface area is 123 Å². The van der Waals surface area contributed by atoms with Crippen LogP contribution in [0.2, 0.25) is 0 Å². The molecule has 2 aliphatic rings. The number of hydrogen-bond acceptors (Lipinski definition) is 5. The zero-order valence-corrected chi connectivity index (χ0v) is 12.3. The van der Waals surface area contributed by atoms with Gasteiger partial charge in [0.05, 0.1) is 12.7 Å². The number of allylic oxidation sites excluding steroid dienone is 1. The molecule has 21 heavy (non-hydrogen) atoms. The standard InChI is InChI=1S/C15H20O6/c1-3-21-14(19)15(13(17)18)8-7-11(20-2)9-5-4-6-10(15)12(9)16/h6,9,11H,3-5,7-8H2,1-2H3,(H,17,18)/t9-,11+,15+/m1/s1. The second-order valence-electron chi connectivity index (χ2n) is 5.41. The lowest BCUT2D eigenvalue weighted by Gasteiger charge is -2.29. The molecule has 0 spiro atoms. The topological polar surface area (TPSA) is 89.9 Å². The Morgan fingerprint density at radius 1 is 1.43 bits per heavy atom. The van der Waals surface area contributed by atoms with Crippen molar-refractivity contribution >= 4 is 17.7 Å². The highest BCUT2D eigenvalue weighted by molar-refractivity contribution is 6.14. The van der Waals surface area contributed by atoms with Gasteiger partial charge in [-0.05, 0) is 32.6 Å².